The molecule has 0 spiro atoms. The normalized spacial score (nSPS) is 12.0. The van der Waals surface area contributed by atoms with Crippen molar-refractivity contribution in [1.29, 1.82) is 0 Å². The molecule has 1 unspecified atom stereocenters. The third-order valence-electron chi connectivity index (χ3n) is 3.75. The number of rotatable bonds is 6. The van der Waals surface area contributed by atoms with Gasteiger partial charge in [0.1, 0.15) is 0 Å². The highest BCUT2D eigenvalue weighted by Crippen LogP contribution is 2.25. The standard InChI is InChI=1S/C18H21NO2/c1-13(18(20)21)6-5-9-16-12-15(10-11-17(16)19)14-7-3-2-4-8-14/h2-4,7-8,10-13H,5-6,9,19H2,1H3,(H,20,21). The number of carboxylic acids is 1. The fourth-order valence-electron chi connectivity index (χ4n) is 2.35. The summed E-state index contributed by atoms with van der Waals surface area (Å²) in [6.07, 6.45) is 2.31. The molecule has 0 aliphatic carbocycles. The number of benzene rings is 2. The van der Waals surface area contributed by atoms with Crippen molar-refractivity contribution < 1.29 is 9.90 Å². The first kappa shape index (κ1) is 15.1. The van der Waals surface area contributed by atoms with Crippen LogP contribution in [-0.2, 0) is 11.2 Å². The number of nitrogen functional groups attached to an aromatic ring is 1. The fraction of sp³-hybridized carbons (Fsp3) is 0.278. The van der Waals surface area contributed by atoms with Gasteiger partial charge in [0.05, 0.1) is 5.92 Å². The van der Waals surface area contributed by atoms with Gasteiger partial charge >= 0.3 is 5.97 Å². The molecule has 2 aromatic rings. The number of carboxylic acid groups (broad SMARTS) is 1. The van der Waals surface area contributed by atoms with E-state index in [4.69, 9.17) is 10.8 Å². The minimum atomic E-state index is -0.735. The summed E-state index contributed by atoms with van der Waals surface area (Å²) in [7, 11) is 0. The second kappa shape index (κ2) is 6.93. The number of aryl methyl sites for hydroxylation is 1. The van der Waals surface area contributed by atoms with Crippen molar-refractivity contribution in [3.8, 4) is 11.1 Å². The summed E-state index contributed by atoms with van der Waals surface area (Å²) in [5.74, 6) is -1.04. The first-order valence-corrected chi connectivity index (χ1v) is 7.24. The zero-order chi connectivity index (χ0) is 15.2. The van der Waals surface area contributed by atoms with Gasteiger partial charge in [0.2, 0.25) is 0 Å². The Morgan fingerprint density at radius 1 is 1.14 bits per heavy atom. The summed E-state index contributed by atoms with van der Waals surface area (Å²) in [6.45, 7) is 1.74. The predicted octanol–water partition coefficient (Wildman–Crippen LogP) is 3.98. The molecule has 0 aromatic heterocycles. The Labute approximate surface area is 125 Å². The third kappa shape index (κ3) is 4.09. The molecule has 0 aliphatic rings. The largest absolute Gasteiger partial charge is 0.481 e. The van der Waals surface area contributed by atoms with E-state index >= 15 is 0 Å². The predicted molar refractivity (Wildman–Crippen MR) is 86.0 cm³/mol. The Kier molecular flexibility index (Phi) is 4.99. The van der Waals surface area contributed by atoms with E-state index in [0.717, 1.165) is 35.2 Å². The van der Waals surface area contributed by atoms with Crippen LogP contribution in [0, 0.1) is 5.92 Å². The second-order valence-electron chi connectivity index (χ2n) is 5.41. The molecular formula is C18H21NO2. The lowest BCUT2D eigenvalue weighted by Crippen LogP contribution is -2.09. The van der Waals surface area contributed by atoms with Crippen LogP contribution in [0.25, 0.3) is 11.1 Å². The lowest BCUT2D eigenvalue weighted by molar-refractivity contribution is -0.141. The molecular weight excluding hydrogens is 262 g/mol. The van der Waals surface area contributed by atoms with E-state index in [1.807, 2.05) is 30.3 Å². The molecule has 0 aliphatic heterocycles. The summed E-state index contributed by atoms with van der Waals surface area (Å²) in [5.41, 5.74) is 10.2. The van der Waals surface area contributed by atoms with Crippen molar-refractivity contribution in [1.82, 2.24) is 0 Å². The summed E-state index contributed by atoms with van der Waals surface area (Å²) >= 11 is 0. The van der Waals surface area contributed by atoms with Crippen LogP contribution in [0.1, 0.15) is 25.3 Å². The van der Waals surface area contributed by atoms with Gasteiger partial charge in [0.15, 0.2) is 0 Å². The quantitative estimate of drug-likeness (QED) is 0.788. The summed E-state index contributed by atoms with van der Waals surface area (Å²) < 4.78 is 0. The van der Waals surface area contributed by atoms with E-state index in [1.165, 1.54) is 0 Å². The highest BCUT2D eigenvalue weighted by atomic mass is 16.4. The number of carbonyl (C=O) groups is 1. The lowest BCUT2D eigenvalue weighted by Gasteiger charge is -2.10. The maximum Gasteiger partial charge on any atom is 0.306 e. The zero-order valence-electron chi connectivity index (χ0n) is 12.3. The number of nitrogens with two attached hydrogens (primary N) is 1. The Morgan fingerprint density at radius 3 is 2.52 bits per heavy atom. The van der Waals surface area contributed by atoms with Crippen molar-refractivity contribution in [2.45, 2.75) is 26.2 Å². The zero-order valence-corrected chi connectivity index (χ0v) is 12.3. The minimum Gasteiger partial charge on any atom is -0.481 e. The van der Waals surface area contributed by atoms with E-state index in [0.29, 0.717) is 6.42 Å². The first-order chi connectivity index (χ1) is 10.1. The van der Waals surface area contributed by atoms with Crippen LogP contribution in [-0.4, -0.2) is 11.1 Å². The van der Waals surface area contributed by atoms with Crippen molar-refractivity contribution >= 4 is 11.7 Å². The van der Waals surface area contributed by atoms with E-state index < -0.39 is 5.97 Å². The van der Waals surface area contributed by atoms with Crippen LogP contribution in [0.3, 0.4) is 0 Å². The molecule has 0 fully saturated rings. The molecule has 3 N–H and O–H groups in total. The summed E-state index contributed by atoms with van der Waals surface area (Å²) in [4.78, 5) is 10.8. The van der Waals surface area contributed by atoms with Crippen molar-refractivity contribution in [2.24, 2.45) is 5.92 Å². The van der Waals surface area contributed by atoms with Crippen LogP contribution in [0.2, 0.25) is 0 Å². The molecule has 0 amide bonds. The number of hydrogen-bond acceptors (Lipinski definition) is 2. The average molecular weight is 283 g/mol. The molecule has 2 rings (SSSR count). The number of anilines is 1. The molecule has 110 valence electrons. The Hall–Kier alpha value is -2.29. The topological polar surface area (TPSA) is 63.3 Å². The van der Waals surface area contributed by atoms with Crippen LogP contribution in [0.5, 0.6) is 0 Å². The summed E-state index contributed by atoms with van der Waals surface area (Å²) in [6, 6.07) is 16.2. The highest BCUT2D eigenvalue weighted by molar-refractivity contribution is 5.69. The SMILES string of the molecule is CC(CCCc1cc(-c2ccccc2)ccc1N)C(=O)O. The van der Waals surface area contributed by atoms with Crippen LogP contribution in [0.15, 0.2) is 48.5 Å². The van der Waals surface area contributed by atoms with Crippen LogP contribution < -0.4 is 5.73 Å². The van der Waals surface area contributed by atoms with Gasteiger partial charge in [-0.15, -0.1) is 0 Å². The van der Waals surface area contributed by atoms with Gasteiger partial charge in [-0.05, 0) is 48.1 Å². The molecule has 0 radical (unpaired) electrons. The highest BCUT2D eigenvalue weighted by Gasteiger charge is 2.11. The third-order valence-corrected chi connectivity index (χ3v) is 3.75. The monoisotopic (exact) mass is 283 g/mol. The molecule has 2 aromatic carbocycles. The van der Waals surface area contributed by atoms with Crippen LogP contribution in [0.4, 0.5) is 5.69 Å². The molecule has 3 heteroatoms. The molecule has 1 atom stereocenters. The molecule has 0 saturated heterocycles. The van der Waals surface area contributed by atoms with Gasteiger partial charge in [-0.25, -0.2) is 0 Å². The first-order valence-electron chi connectivity index (χ1n) is 7.24. The molecule has 3 nitrogen and oxygen atoms in total. The Bertz CT molecular complexity index is 608. The molecule has 0 heterocycles. The van der Waals surface area contributed by atoms with Gasteiger partial charge in [0.25, 0.3) is 0 Å². The van der Waals surface area contributed by atoms with E-state index in [9.17, 15) is 4.79 Å². The fourth-order valence-corrected chi connectivity index (χ4v) is 2.35. The molecule has 0 bridgehead atoms. The van der Waals surface area contributed by atoms with E-state index in [2.05, 4.69) is 18.2 Å². The smallest absolute Gasteiger partial charge is 0.306 e. The van der Waals surface area contributed by atoms with Crippen molar-refractivity contribution in [2.75, 3.05) is 5.73 Å². The second-order valence-corrected chi connectivity index (χ2v) is 5.41. The number of aliphatic carboxylic acids is 1. The number of hydrogen-bond donors (Lipinski definition) is 2. The maximum atomic E-state index is 10.8. The van der Waals surface area contributed by atoms with Gasteiger partial charge < -0.3 is 10.8 Å². The average Bonchev–Trinajstić information content (AvgIpc) is 2.49. The molecule has 0 saturated carbocycles. The lowest BCUT2D eigenvalue weighted by atomic mass is 9.97. The van der Waals surface area contributed by atoms with Crippen molar-refractivity contribution in [3.05, 3.63) is 54.1 Å². The van der Waals surface area contributed by atoms with Gasteiger partial charge in [-0.3, -0.25) is 4.79 Å². The Morgan fingerprint density at radius 2 is 1.86 bits per heavy atom. The van der Waals surface area contributed by atoms with Gasteiger partial charge in [-0.1, -0.05) is 43.3 Å². The van der Waals surface area contributed by atoms with Crippen LogP contribution >= 0.6 is 0 Å². The van der Waals surface area contributed by atoms with E-state index in [-0.39, 0.29) is 5.92 Å². The van der Waals surface area contributed by atoms with Gasteiger partial charge in [0, 0.05) is 5.69 Å². The maximum absolute atomic E-state index is 10.8. The minimum absolute atomic E-state index is 0.302. The summed E-state index contributed by atoms with van der Waals surface area (Å²) in [5, 5.41) is 8.90. The van der Waals surface area contributed by atoms with Gasteiger partial charge in [-0.2, -0.15) is 0 Å². The van der Waals surface area contributed by atoms with E-state index in [1.54, 1.807) is 6.92 Å². The van der Waals surface area contributed by atoms with Crippen molar-refractivity contribution in [3.63, 3.8) is 0 Å². The Balaban J connectivity index is 2.08. The molecule has 21 heavy (non-hydrogen) atoms.